The molecule has 2 rings (SSSR count). The number of anilines is 1. The molecule has 94 valence electrons. The Balaban J connectivity index is 1.84. The molecule has 1 aromatic rings. The first-order valence-corrected chi connectivity index (χ1v) is 6.67. The Kier molecular flexibility index (Phi) is 4.49. The minimum absolute atomic E-state index is 0.669. The summed E-state index contributed by atoms with van der Waals surface area (Å²) in [6.07, 6.45) is 5.59. The molecule has 0 spiro atoms. The molecule has 0 saturated heterocycles. The number of halogens is 1. The van der Waals surface area contributed by atoms with Gasteiger partial charge in [0.05, 0.1) is 13.3 Å². The predicted octanol–water partition coefficient (Wildman–Crippen LogP) is 3.16. The number of ether oxygens (including phenoxy) is 1. The fourth-order valence-corrected chi connectivity index (χ4v) is 2.83. The lowest BCUT2D eigenvalue weighted by molar-refractivity contribution is 0.413. The monoisotopic (exact) mass is 254 g/mol. The van der Waals surface area contributed by atoms with E-state index < -0.39 is 0 Å². The van der Waals surface area contributed by atoms with Crippen molar-refractivity contribution in [3.8, 4) is 5.75 Å². The van der Waals surface area contributed by atoms with Gasteiger partial charge in [0.15, 0.2) is 0 Å². The van der Waals surface area contributed by atoms with Gasteiger partial charge in [-0.1, -0.05) is 6.42 Å². The minimum atomic E-state index is 0.669. The lowest BCUT2D eigenvalue weighted by Gasteiger charge is -2.17. The highest BCUT2D eigenvalue weighted by atomic mass is 35.5. The van der Waals surface area contributed by atoms with Gasteiger partial charge >= 0.3 is 0 Å². The van der Waals surface area contributed by atoms with Crippen LogP contribution in [0, 0.1) is 11.8 Å². The van der Waals surface area contributed by atoms with Gasteiger partial charge < -0.3 is 10.1 Å². The summed E-state index contributed by atoms with van der Waals surface area (Å²) in [6.45, 7) is 0.969. The molecule has 1 N–H and O–H groups in total. The lowest BCUT2D eigenvalue weighted by Crippen LogP contribution is -2.19. The number of nitrogens with zero attached hydrogens (tertiary/aromatic N) is 1. The maximum atomic E-state index is 5.96. The van der Waals surface area contributed by atoms with Gasteiger partial charge in [-0.2, -0.15) is 0 Å². The molecule has 1 aliphatic rings. The summed E-state index contributed by atoms with van der Waals surface area (Å²) < 4.78 is 5.07. The Morgan fingerprint density at radius 1 is 1.41 bits per heavy atom. The topological polar surface area (TPSA) is 34.1 Å². The van der Waals surface area contributed by atoms with E-state index in [0.29, 0.717) is 11.8 Å². The van der Waals surface area contributed by atoms with E-state index in [0.717, 1.165) is 24.0 Å². The van der Waals surface area contributed by atoms with Crippen LogP contribution < -0.4 is 10.1 Å². The van der Waals surface area contributed by atoms with Gasteiger partial charge in [0.1, 0.15) is 11.6 Å². The van der Waals surface area contributed by atoms with Gasteiger partial charge in [-0.05, 0) is 36.8 Å². The van der Waals surface area contributed by atoms with Crippen molar-refractivity contribution in [2.75, 3.05) is 24.9 Å². The van der Waals surface area contributed by atoms with Gasteiger partial charge in [-0.3, -0.25) is 0 Å². The molecule has 1 aliphatic carbocycles. The Morgan fingerprint density at radius 3 is 2.88 bits per heavy atom. The minimum Gasteiger partial charge on any atom is -0.495 e. The van der Waals surface area contributed by atoms with Crippen LogP contribution in [0.4, 0.5) is 5.82 Å². The molecule has 1 saturated carbocycles. The molecular weight excluding hydrogens is 236 g/mol. The highest BCUT2D eigenvalue weighted by Gasteiger charge is 2.26. The average Bonchev–Trinajstić information content (AvgIpc) is 2.84. The van der Waals surface area contributed by atoms with Crippen molar-refractivity contribution in [2.45, 2.75) is 19.3 Å². The van der Waals surface area contributed by atoms with Gasteiger partial charge in [-0.15, -0.1) is 11.6 Å². The third-order valence-electron chi connectivity index (χ3n) is 3.53. The first kappa shape index (κ1) is 12.5. The molecule has 0 aromatic carbocycles. The number of methoxy groups -OCH3 is 1. The third kappa shape index (κ3) is 3.25. The molecule has 4 heteroatoms. The van der Waals surface area contributed by atoms with Crippen LogP contribution in [0.15, 0.2) is 18.3 Å². The summed E-state index contributed by atoms with van der Waals surface area (Å²) in [5.74, 6) is 3.84. The van der Waals surface area contributed by atoms with Crippen LogP contribution >= 0.6 is 11.6 Å². The largest absolute Gasteiger partial charge is 0.495 e. The standard InChI is InChI=1S/C13H19ClN2O/c1-17-12-5-6-13(16-9-12)15-8-11-4-2-3-10(11)7-14/h5-6,9-11H,2-4,7-8H2,1H3,(H,15,16). The van der Waals surface area contributed by atoms with Crippen LogP contribution in [0.25, 0.3) is 0 Å². The Hall–Kier alpha value is -0.960. The van der Waals surface area contributed by atoms with E-state index in [1.165, 1.54) is 19.3 Å². The van der Waals surface area contributed by atoms with Crippen LogP contribution in [0.3, 0.4) is 0 Å². The molecule has 2 unspecified atom stereocenters. The van der Waals surface area contributed by atoms with Crippen molar-refractivity contribution in [3.63, 3.8) is 0 Å². The van der Waals surface area contributed by atoms with Gasteiger partial charge in [0.25, 0.3) is 0 Å². The van der Waals surface area contributed by atoms with E-state index in [4.69, 9.17) is 16.3 Å². The molecule has 1 heterocycles. The smallest absolute Gasteiger partial charge is 0.137 e. The molecule has 0 radical (unpaired) electrons. The van der Waals surface area contributed by atoms with Gasteiger partial charge in [-0.25, -0.2) is 4.98 Å². The highest BCUT2D eigenvalue weighted by Crippen LogP contribution is 2.32. The zero-order valence-corrected chi connectivity index (χ0v) is 10.9. The summed E-state index contributed by atoms with van der Waals surface area (Å²) in [5.41, 5.74) is 0. The molecule has 2 atom stereocenters. The van der Waals surface area contributed by atoms with Crippen LogP contribution in [0.5, 0.6) is 5.75 Å². The fraction of sp³-hybridized carbons (Fsp3) is 0.615. The summed E-state index contributed by atoms with van der Waals surface area (Å²) in [4.78, 5) is 4.29. The quantitative estimate of drug-likeness (QED) is 0.820. The third-order valence-corrected chi connectivity index (χ3v) is 3.93. The van der Waals surface area contributed by atoms with E-state index in [2.05, 4.69) is 10.3 Å². The second-order valence-electron chi connectivity index (χ2n) is 4.57. The van der Waals surface area contributed by atoms with E-state index in [1.807, 2.05) is 12.1 Å². The summed E-state index contributed by atoms with van der Waals surface area (Å²) >= 11 is 5.96. The number of aromatic nitrogens is 1. The average molecular weight is 255 g/mol. The van der Waals surface area contributed by atoms with Crippen molar-refractivity contribution >= 4 is 17.4 Å². The van der Waals surface area contributed by atoms with E-state index in [9.17, 15) is 0 Å². The zero-order chi connectivity index (χ0) is 12.1. The molecule has 3 nitrogen and oxygen atoms in total. The fourth-order valence-electron chi connectivity index (χ4n) is 2.43. The van der Waals surface area contributed by atoms with Crippen molar-refractivity contribution in [2.24, 2.45) is 11.8 Å². The van der Waals surface area contributed by atoms with E-state index >= 15 is 0 Å². The number of hydrogen-bond acceptors (Lipinski definition) is 3. The van der Waals surface area contributed by atoms with Crippen molar-refractivity contribution in [3.05, 3.63) is 18.3 Å². The van der Waals surface area contributed by atoms with Crippen LogP contribution in [-0.4, -0.2) is 24.5 Å². The normalized spacial score (nSPS) is 23.6. The van der Waals surface area contributed by atoms with Crippen LogP contribution in [-0.2, 0) is 0 Å². The molecule has 0 amide bonds. The van der Waals surface area contributed by atoms with E-state index in [-0.39, 0.29) is 0 Å². The maximum absolute atomic E-state index is 5.96. The number of hydrogen-bond donors (Lipinski definition) is 1. The molecule has 17 heavy (non-hydrogen) atoms. The maximum Gasteiger partial charge on any atom is 0.137 e. The second kappa shape index (κ2) is 6.10. The summed E-state index contributed by atoms with van der Waals surface area (Å²) in [7, 11) is 1.65. The van der Waals surface area contributed by atoms with Crippen LogP contribution in [0.2, 0.25) is 0 Å². The first-order chi connectivity index (χ1) is 8.33. The first-order valence-electron chi connectivity index (χ1n) is 6.13. The summed E-state index contributed by atoms with van der Waals surface area (Å²) in [6, 6.07) is 3.87. The highest BCUT2D eigenvalue weighted by molar-refractivity contribution is 6.18. The van der Waals surface area contributed by atoms with Crippen molar-refractivity contribution < 1.29 is 4.74 Å². The molecule has 1 fully saturated rings. The van der Waals surface area contributed by atoms with E-state index in [1.54, 1.807) is 13.3 Å². The predicted molar refractivity (Wildman–Crippen MR) is 70.8 cm³/mol. The lowest BCUT2D eigenvalue weighted by atomic mass is 9.98. The number of nitrogens with one attached hydrogen (secondary N) is 1. The Morgan fingerprint density at radius 2 is 2.24 bits per heavy atom. The van der Waals surface area contributed by atoms with Crippen molar-refractivity contribution in [1.29, 1.82) is 0 Å². The molecule has 0 bridgehead atoms. The number of pyridine rings is 1. The Bertz CT molecular complexity index is 342. The second-order valence-corrected chi connectivity index (χ2v) is 4.88. The molecule has 1 aromatic heterocycles. The van der Waals surface area contributed by atoms with Crippen LogP contribution in [0.1, 0.15) is 19.3 Å². The number of rotatable bonds is 5. The van der Waals surface area contributed by atoms with Crippen molar-refractivity contribution in [1.82, 2.24) is 4.98 Å². The molecule has 0 aliphatic heterocycles. The number of alkyl halides is 1. The Labute approximate surface area is 108 Å². The van der Waals surface area contributed by atoms with Gasteiger partial charge in [0, 0.05) is 12.4 Å². The SMILES string of the molecule is COc1ccc(NCC2CCCC2CCl)nc1. The van der Waals surface area contributed by atoms with Gasteiger partial charge in [0.2, 0.25) is 0 Å². The molecular formula is C13H19ClN2O. The zero-order valence-electron chi connectivity index (χ0n) is 10.2. The summed E-state index contributed by atoms with van der Waals surface area (Å²) in [5, 5.41) is 3.38.